The molecule has 2 fully saturated rings. The number of rotatable bonds is 1. The molecule has 2 bridgehead atoms. The number of hydrogen-bond donors (Lipinski definition) is 0. The van der Waals surface area contributed by atoms with E-state index < -0.39 is 0 Å². The number of hydrogen-bond acceptors (Lipinski definition) is 4. The Bertz CT molecular complexity index is 499. The first kappa shape index (κ1) is 13.9. The highest BCUT2D eigenvalue weighted by Crippen LogP contribution is 2.23. The highest BCUT2D eigenvalue weighted by Gasteiger charge is 2.36. The number of aromatic nitrogens is 2. The second-order valence-electron chi connectivity index (χ2n) is 5.70. The van der Waals surface area contributed by atoms with Crippen LogP contribution in [0.2, 0.25) is 5.02 Å². The molecule has 2 aliphatic rings. The van der Waals surface area contributed by atoms with Crippen molar-refractivity contribution in [3.8, 4) is 0 Å². The number of nitrogens with zero attached hydrogens (tertiary/aromatic N) is 4. The van der Waals surface area contributed by atoms with Crippen LogP contribution >= 0.6 is 11.6 Å². The van der Waals surface area contributed by atoms with Crippen LogP contribution in [0.1, 0.15) is 10.5 Å². The number of ether oxygens (including phenoxy) is 1. The average Bonchev–Trinajstić information content (AvgIpc) is 2.56. The van der Waals surface area contributed by atoms with Crippen LogP contribution in [-0.4, -0.2) is 71.4 Å². The van der Waals surface area contributed by atoms with Crippen LogP contribution in [-0.2, 0) is 11.8 Å². The van der Waals surface area contributed by atoms with Gasteiger partial charge in [0.05, 0.1) is 30.5 Å². The van der Waals surface area contributed by atoms with Gasteiger partial charge in [-0.2, -0.15) is 5.10 Å². The third-order valence-corrected chi connectivity index (χ3v) is 4.29. The minimum Gasteiger partial charge on any atom is -0.379 e. The van der Waals surface area contributed by atoms with E-state index in [0.29, 0.717) is 29.8 Å². The fraction of sp³-hybridized carbons (Fsp3) is 0.692. The smallest absolute Gasteiger partial charge is 0.274 e. The standard InChI is InChI=1S/C13H19ClN4O2/c1-16-4-9-5-18(10(6-16)8-20-7-9)13(19)12-11(14)3-15-17(12)2/h3,9-10H,4-8H2,1-2H3/t9-,10-/m0/s1. The maximum atomic E-state index is 12.8. The van der Waals surface area contributed by atoms with Crippen LogP contribution in [0, 0.1) is 5.92 Å². The summed E-state index contributed by atoms with van der Waals surface area (Å²) in [7, 11) is 3.84. The zero-order chi connectivity index (χ0) is 14.3. The maximum Gasteiger partial charge on any atom is 0.274 e. The Morgan fingerprint density at radius 2 is 2.15 bits per heavy atom. The molecule has 7 heteroatoms. The molecule has 0 radical (unpaired) electrons. The summed E-state index contributed by atoms with van der Waals surface area (Å²) in [5.74, 6) is 0.300. The van der Waals surface area contributed by atoms with Gasteiger partial charge >= 0.3 is 0 Å². The van der Waals surface area contributed by atoms with Gasteiger partial charge in [-0.1, -0.05) is 11.6 Å². The van der Waals surface area contributed by atoms with Gasteiger partial charge in [0.1, 0.15) is 5.69 Å². The van der Waals surface area contributed by atoms with Gasteiger partial charge in [0.25, 0.3) is 5.91 Å². The van der Waals surface area contributed by atoms with Gasteiger partial charge < -0.3 is 14.5 Å². The lowest BCUT2D eigenvalue weighted by Gasteiger charge is -2.29. The quantitative estimate of drug-likeness (QED) is 0.756. The molecule has 1 amide bonds. The molecular formula is C13H19ClN4O2. The van der Waals surface area contributed by atoms with E-state index in [0.717, 1.165) is 19.6 Å². The van der Waals surface area contributed by atoms with E-state index in [9.17, 15) is 4.79 Å². The number of likely N-dealkylation sites (N-methyl/N-ethyl adjacent to an activating group) is 1. The van der Waals surface area contributed by atoms with Gasteiger partial charge in [0.15, 0.2) is 0 Å². The Hall–Kier alpha value is -1.11. The number of aryl methyl sites for hydroxylation is 1. The van der Waals surface area contributed by atoms with E-state index in [1.165, 1.54) is 6.20 Å². The van der Waals surface area contributed by atoms with Crippen LogP contribution in [0.3, 0.4) is 0 Å². The van der Waals surface area contributed by atoms with E-state index in [2.05, 4.69) is 17.0 Å². The van der Waals surface area contributed by atoms with E-state index >= 15 is 0 Å². The van der Waals surface area contributed by atoms with Gasteiger partial charge in [-0.3, -0.25) is 9.48 Å². The topological polar surface area (TPSA) is 50.6 Å². The minimum atomic E-state index is -0.0502. The molecular weight excluding hydrogens is 280 g/mol. The van der Waals surface area contributed by atoms with Crippen molar-refractivity contribution >= 4 is 17.5 Å². The Balaban J connectivity index is 1.91. The first-order chi connectivity index (χ1) is 9.56. The Labute approximate surface area is 123 Å². The van der Waals surface area contributed by atoms with Crippen molar-refractivity contribution < 1.29 is 9.53 Å². The summed E-state index contributed by atoms with van der Waals surface area (Å²) in [4.78, 5) is 17.0. The number of halogens is 1. The normalized spacial score (nSPS) is 27.4. The molecule has 2 atom stereocenters. The predicted molar refractivity (Wildman–Crippen MR) is 74.8 cm³/mol. The lowest BCUT2D eigenvalue weighted by atomic mass is 10.1. The van der Waals surface area contributed by atoms with Gasteiger partial charge in [0.2, 0.25) is 0 Å². The Morgan fingerprint density at radius 1 is 1.35 bits per heavy atom. The molecule has 2 aliphatic heterocycles. The van der Waals surface area contributed by atoms with Crippen LogP contribution in [0.25, 0.3) is 0 Å². The third kappa shape index (κ3) is 2.43. The van der Waals surface area contributed by atoms with Crippen molar-refractivity contribution in [2.45, 2.75) is 6.04 Å². The second kappa shape index (κ2) is 5.35. The van der Waals surface area contributed by atoms with E-state index in [-0.39, 0.29) is 11.9 Å². The first-order valence-electron chi connectivity index (χ1n) is 6.81. The van der Waals surface area contributed by atoms with Crippen molar-refractivity contribution in [2.24, 2.45) is 13.0 Å². The van der Waals surface area contributed by atoms with Crippen molar-refractivity contribution in [1.82, 2.24) is 19.6 Å². The number of carbonyl (C=O) groups excluding carboxylic acids is 1. The lowest BCUT2D eigenvalue weighted by molar-refractivity contribution is 0.0477. The van der Waals surface area contributed by atoms with Gasteiger partial charge in [-0.15, -0.1) is 0 Å². The number of amides is 1. The van der Waals surface area contributed by atoms with Crippen molar-refractivity contribution in [1.29, 1.82) is 0 Å². The lowest BCUT2D eigenvalue weighted by Crippen LogP contribution is -2.46. The van der Waals surface area contributed by atoms with Crippen LogP contribution in [0.15, 0.2) is 6.20 Å². The van der Waals surface area contributed by atoms with Crippen molar-refractivity contribution in [2.75, 3.05) is 39.9 Å². The van der Waals surface area contributed by atoms with Crippen molar-refractivity contribution in [3.05, 3.63) is 16.9 Å². The molecule has 0 unspecified atom stereocenters. The highest BCUT2D eigenvalue weighted by atomic mass is 35.5. The molecule has 1 aromatic heterocycles. The second-order valence-corrected chi connectivity index (χ2v) is 6.11. The predicted octanol–water partition coefficient (Wildman–Crippen LogP) is 0.476. The summed E-state index contributed by atoms with van der Waals surface area (Å²) in [5.41, 5.74) is 0.460. The molecule has 3 heterocycles. The minimum absolute atomic E-state index is 0.0502. The SMILES string of the molecule is CN1C[C@@H]2COC[C@H](C1)N(C(=O)c1c(Cl)cnn1C)C2. The summed E-state index contributed by atoms with van der Waals surface area (Å²) in [6.45, 7) is 3.80. The number of carbonyl (C=O) groups is 1. The van der Waals surface area contributed by atoms with E-state index in [4.69, 9.17) is 16.3 Å². The molecule has 6 nitrogen and oxygen atoms in total. The Kier molecular flexibility index (Phi) is 3.70. The van der Waals surface area contributed by atoms with Crippen LogP contribution in [0.5, 0.6) is 0 Å². The fourth-order valence-corrected chi connectivity index (χ4v) is 3.36. The van der Waals surface area contributed by atoms with Gasteiger partial charge in [-0.05, 0) is 7.05 Å². The van der Waals surface area contributed by atoms with Crippen LogP contribution in [0.4, 0.5) is 0 Å². The number of fused-ring (bicyclic) bond motifs is 3. The van der Waals surface area contributed by atoms with Crippen LogP contribution < -0.4 is 0 Å². The molecule has 0 saturated carbocycles. The molecule has 20 heavy (non-hydrogen) atoms. The monoisotopic (exact) mass is 298 g/mol. The summed E-state index contributed by atoms with van der Waals surface area (Å²) in [5, 5.41) is 4.46. The van der Waals surface area contributed by atoms with Gasteiger partial charge in [-0.25, -0.2) is 0 Å². The summed E-state index contributed by atoms with van der Waals surface area (Å²) in [6.07, 6.45) is 1.52. The molecule has 0 spiro atoms. The third-order valence-electron chi connectivity index (χ3n) is 4.01. The molecule has 0 N–H and O–H groups in total. The largest absolute Gasteiger partial charge is 0.379 e. The summed E-state index contributed by atoms with van der Waals surface area (Å²) >= 11 is 6.10. The highest BCUT2D eigenvalue weighted by molar-refractivity contribution is 6.33. The average molecular weight is 299 g/mol. The molecule has 110 valence electrons. The molecule has 1 aromatic rings. The fourth-order valence-electron chi connectivity index (χ4n) is 3.11. The molecule has 2 saturated heterocycles. The Morgan fingerprint density at radius 3 is 2.85 bits per heavy atom. The summed E-state index contributed by atoms with van der Waals surface area (Å²) < 4.78 is 7.24. The van der Waals surface area contributed by atoms with E-state index in [1.54, 1.807) is 11.7 Å². The molecule has 3 rings (SSSR count). The summed E-state index contributed by atoms with van der Waals surface area (Å²) in [6, 6.07) is 0.0750. The maximum absolute atomic E-state index is 12.8. The molecule has 0 aliphatic carbocycles. The zero-order valence-corrected chi connectivity index (χ0v) is 12.5. The molecule has 0 aromatic carbocycles. The zero-order valence-electron chi connectivity index (χ0n) is 11.8. The van der Waals surface area contributed by atoms with E-state index in [1.807, 2.05) is 4.90 Å². The van der Waals surface area contributed by atoms with Gasteiger partial charge in [0, 0.05) is 32.6 Å². The van der Waals surface area contributed by atoms with Crippen molar-refractivity contribution in [3.63, 3.8) is 0 Å². The first-order valence-corrected chi connectivity index (χ1v) is 7.19.